The van der Waals surface area contributed by atoms with Gasteiger partial charge in [-0.1, -0.05) is 17.7 Å². The molecule has 1 aromatic carbocycles. The number of hydrogen-bond donors (Lipinski definition) is 0. The fourth-order valence-electron chi connectivity index (χ4n) is 1.80. The zero-order valence-electron chi connectivity index (χ0n) is 11.0. The molecule has 2 atom stereocenters. The summed E-state index contributed by atoms with van der Waals surface area (Å²) in [5.74, 6) is 0. The van der Waals surface area contributed by atoms with Gasteiger partial charge < -0.3 is 9.47 Å². The summed E-state index contributed by atoms with van der Waals surface area (Å²) < 4.78 is 39.7. The molecule has 6 heteroatoms. The third-order valence-corrected chi connectivity index (χ3v) is 4.10. The van der Waals surface area contributed by atoms with E-state index in [1.54, 1.807) is 12.1 Å². The second-order valence-electron chi connectivity index (χ2n) is 4.66. The first-order valence-corrected chi connectivity index (χ1v) is 7.57. The fourth-order valence-corrected chi connectivity index (χ4v) is 2.73. The van der Waals surface area contributed by atoms with E-state index in [4.69, 9.17) is 13.7 Å². The Morgan fingerprint density at radius 1 is 1.26 bits per heavy atom. The molecule has 5 nitrogen and oxygen atoms in total. The second-order valence-corrected chi connectivity index (χ2v) is 6.27. The highest BCUT2D eigenvalue weighted by Gasteiger charge is 2.23. The molecule has 0 bridgehead atoms. The Balaban J connectivity index is 1.96. The molecule has 1 aliphatic heterocycles. The second kappa shape index (κ2) is 6.00. The van der Waals surface area contributed by atoms with Gasteiger partial charge in [-0.05, 0) is 26.0 Å². The first-order valence-electron chi connectivity index (χ1n) is 6.17. The van der Waals surface area contributed by atoms with Gasteiger partial charge in [0.15, 0.2) is 0 Å². The third-order valence-electron chi connectivity index (χ3n) is 2.80. The molecule has 0 saturated carbocycles. The average Bonchev–Trinajstić information content (AvgIpc) is 2.37. The Hall–Kier alpha value is -0.950. The van der Waals surface area contributed by atoms with Gasteiger partial charge in [-0.3, -0.25) is 4.18 Å². The van der Waals surface area contributed by atoms with Gasteiger partial charge in [0.05, 0.1) is 30.8 Å². The minimum Gasteiger partial charge on any atom is -0.376 e. The minimum atomic E-state index is -3.73. The standard InChI is InChI=1S/C13H18O5S/c1-10-3-5-13(6-4-10)19(14,15)17-9-12-8-16-7-11(2)18-12/h3-6,11-12H,7-9H2,1-2H3. The molecule has 19 heavy (non-hydrogen) atoms. The molecular weight excluding hydrogens is 268 g/mol. The SMILES string of the molecule is Cc1ccc(S(=O)(=O)OCC2COCC(C)O2)cc1. The van der Waals surface area contributed by atoms with Crippen molar-refractivity contribution in [3.63, 3.8) is 0 Å². The Bertz CT molecular complexity index is 508. The van der Waals surface area contributed by atoms with Crippen LogP contribution in [-0.2, 0) is 23.8 Å². The molecule has 0 radical (unpaired) electrons. The van der Waals surface area contributed by atoms with Gasteiger partial charge in [-0.2, -0.15) is 8.42 Å². The van der Waals surface area contributed by atoms with Crippen molar-refractivity contribution in [1.82, 2.24) is 0 Å². The van der Waals surface area contributed by atoms with Gasteiger partial charge in [-0.15, -0.1) is 0 Å². The van der Waals surface area contributed by atoms with Crippen molar-refractivity contribution in [2.75, 3.05) is 19.8 Å². The van der Waals surface area contributed by atoms with E-state index in [1.165, 1.54) is 12.1 Å². The van der Waals surface area contributed by atoms with Crippen LogP contribution in [-0.4, -0.2) is 40.4 Å². The van der Waals surface area contributed by atoms with Crippen LogP contribution < -0.4 is 0 Å². The van der Waals surface area contributed by atoms with Gasteiger partial charge in [0, 0.05) is 0 Å². The highest BCUT2D eigenvalue weighted by Crippen LogP contribution is 2.15. The van der Waals surface area contributed by atoms with Gasteiger partial charge in [0.2, 0.25) is 0 Å². The summed E-state index contributed by atoms with van der Waals surface area (Å²) in [5, 5.41) is 0. The highest BCUT2D eigenvalue weighted by atomic mass is 32.2. The number of ether oxygens (including phenoxy) is 2. The van der Waals surface area contributed by atoms with Crippen LogP contribution in [0.4, 0.5) is 0 Å². The average molecular weight is 286 g/mol. The topological polar surface area (TPSA) is 61.8 Å². The van der Waals surface area contributed by atoms with Gasteiger partial charge in [-0.25, -0.2) is 0 Å². The van der Waals surface area contributed by atoms with Crippen LogP contribution in [0.25, 0.3) is 0 Å². The lowest BCUT2D eigenvalue weighted by Crippen LogP contribution is -2.37. The molecule has 1 heterocycles. The Morgan fingerprint density at radius 3 is 2.58 bits per heavy atom. The van der Waals surface area contributed by atoms with Crippen LogP contribution in [0.3, 0.4) is 0 Å². The maximum Gasteiger partial charge on any atom is 0.297 e. The van der Waals surface area contributed by atoms with Crippen molar-refractivity contribution < 1.29 is 22.1 Å². The Kier molecular flexibility index (Phi) is 4.57. The molecule has 0 aliphatic carbocycles. The summed E-state index contributed by atoms with van der Waals surface area (Å²) in [4.78, 5) is 0.155. The highest BCUT2D eigenvalue weighted by molar-refractivity contribution is 7.86. The van der Waals surface area contributed by atoms with Crippen LogP contribution in [0.2, 0.25) is 0 Å². The normalized spacial score (nSPS) is 24.3. The van der Waals surface area contributed by atoms with E-state index in [2.05, 4.69) is 0 Å². The molecule has 0 amide bonds. The summed E-state index contributed by atoms with van der Waals surface area (Å²) >= 11 is 0. The van der Waals surface area contributed by atoms with Gasteiger partial charge >= 0.3 is 0 Å². The van der Waals surface area contributed by atoms with E-state index in [0.29, 0.717) is 13.2 Å². The predicted octanol–water partition coefficient (Wildman–Crippen LogP) is 1.50. The summed E-state index contributed by atoms with van der Waals surface area (Å²) in [6.07, 6.45) is -0.381. The maximum atomic E-state index is 11.9. The predicted molar refractivity (Wildman–Crippen MR) is 69.5 cm³/mol. The third kappa shape index (κ3) is 4.01. The molecule has 106 valence electrons. The van der Waals surface area contributed by atoms with Crippen molar-refractivity contribution in [2.24, 2.45) is 0 Å². The lowest BCUT2D eigenvalue weighted by molar-refractivity contribution is -0.140. The Morgan fingerprint density at radius 2 is 1.95 bits per heavy atom. The first kappa shape index (κ1) is 14.5. The van der Waals surface area contributed by atoms with E-state index < -0.39 is 10.1 Å². The summed E-state index contributed by atoms with van der Waals surface area (Å²) in [6, 6.07) is 6.54. The number of hydrogen-bond acceptors (Lipinski definition) is 5. The molecule has 0 spiro atoms. The summed E-state index contributed by atoms with van der Waals surface area (Å²) in [6.45, 7) is 4.63. The van der Waals surface area contributed by atoms with Gasteiger partial charge in [0.1, 0.15) is 6.10 Å². The molecule has 0 N–H and O–H groups in total. The molecule has 1 aromatic rings. The van der Waals surface area contributed by atoms with Crippen LogP contribution in [0.5, 0.6) is 0 Å². The van der Waals surface area contributed by atoms with Crippen molar-refractivity contribution in [1.29, 1.82) is 0 Å². The number of aryl methyl sites for hydroxylation is 1. The summed E-state index contributed by atoms with van der Waals surface area (Å²) in [7, 11) is -3.73. The monoisotopic (exact) mass is 286 g/mol. The maximum absolute atomic E-state index is 11.9. The number of benzene rings is 1. The lowest BCUT2D eigenvalue weighted by Gasteiger charge is -2.27. The fraction of sp³-hybridized carbons (Fsp3) is 0.538. The quantitative estimate of drug-likeness (QED) is 0.785. The van der Waals surface area contributed by atoms with Crippen molar-refractivity contribution in [3.05, 3.63) is 29.8 Å². The molecule has 2 rings (SSSR count). The minimum absolute atomic E-state index is 0.0272. The van der Waals surface area contributed by atoms with E-state index >= 15 is 0 Å². The molecule has 0 aromatic heterocycles. The van der Waals surface area contributed by atoms with E-state index in [0.717, 1.165) is 5.56 Å². The molecule has 1 saturated heterocycles. The smallest absolute Gasteiger partial charge is 0.297 e. The van der Waals surface area contributed by atoms with Crippen molar-refractivity contribution in [3.8, 4) is 0 Å². The Labute approximate surface area is 113 Å². The molecular formula is C13H18O5S. The van der Waals surface area contributed by atoms with Crippen molar-refractivity contribution in [2.45, 2.75) is 31.0 Å². The van der Waals surface area contributed by atoms with E-state index in [9.17, 15) is 8.42 Å². The van der Waals surface area contributed by atoms with E-state index in [-0.39, 0.29) is 23.7 Å². The number of rotatable bonds is 4. The zero-order valence-corrected chi connectivity index (χ0v) is 11.9. The van der Waals surface area contributed by atoms with Crippen LogP contribution in [0, 0.1) is 6.92 Å². The largest absolute Gasteiger partial charge is 0.376 e. The van der Waals surface area contributed by atoms with Crippen LogP contribution in [0.15, 0.2) is 29.2 Å². The molecule has 1 fully saturated rings. The molecule has 1 aliphatic rings. The first-order chi connectivity index (χ1) is 8.97. The molecule has 2 unspecified atom stereocenters. The van der Waals surface area contributed by atoms with Gasteiger partial charge in [0.25, 0.3) is 10.1 Å². The van der Waals surface area contributed by atoms with E-state index in [1.807, 2.05) is 13.8 Å². The van der Waals surface area contributed by atoms with Crippen molar-refractivity contribution >= 4 is 10.1 Å². The summed E-state index contributed by atoms with van der Waals surface area (Å²) in [5.41, 5.74) is 0.997. The zero-order chi connectivity index (χ0) is 13.9. The van der Waals surface area contributed by atoms with Crippen LogP contribution >= 0.6 is 0 Å². The lowest BCUT2D eigenvalue weighted by atomic mass is 10.2. The van der Waals surface area contributed by atoms with Crippen LogP contribution in [0.1, 0.15) is 12.5 Å².